The summed E-state index contributed by atoms with van der Waals surface area (Å²) in [7, 11) is -4.59. The minimum absolute atomic E-state index is 0.00167. The van der Waals surface area contributed by atoms with E-state index >= 15 is 0 Å². The second-order valence-corrected chi connectivity index (χ2v) is 7.57. The van der Waals surface area contributed by atoms with Gasteiger partial charge in [-0.1, -0.05) is 0 Å². The van der Waals surface area contributed by atoms with Crippen molar-refractivity contribution in [3.05, 3.63) is 39.3 Å². The van der Waals surface area contributed by atoms with E-state index in [2.05, 4.69) is 40.5 Å². The van der Waals surface area contributed by atoms with Crippen molar-refractivity contribution in [1.82, 2.24) is 29.9 Å². The lowest BCUT2D eigenvalue weighted by Gasteiger charge is -2.12. The van der Waals surface area contributed by atoms with E-state index < -0.39 is 15.0 Å². The first-order chi connectivity index (χ1) is 13.1. The topological polar surface area (TPSA) is 156 Å². The van der Waals surface area contributed by atoms with Gasteiger partial charge in [-0.05, 0) is 64.6 Å². The smallest absolute Gasteiger partial charge is 0.296 e. The molecule has 16 heteroatoms. The average Bonchev–Trinajstić information content (AvgIpc) is 2.51. The van der Waals surface area contributed by atoms with Crippen LogP contribution in [0.2, 0.25) is 21.1 Å². The van der Waals surface area contributed by atoms with Crippen molar-refractivity contribution >= 4 is 79.8 Å². The van der Waals surface area contributed by atoms with E-state index in [4.69, 9.17) is 46.4 Å². The highest BCUT2D eigenvalue weighted by Crippen LogP contribution is 2.29. The number of halogens is 4. The van der Waals surface area contributed by atoms with Crippen molar-refractivity contribution in [2.45, 2.75) is 4.90 Å². The van der Waals surface area contributed by atoms with Crippen molar-refractivity contribution in [3.63, 3.8) is 0 Å². The van der Waals surface area contributed by atoms with Crippen LogP contribution in [0.5, 0.6) is 0 Å². The maximum atomic E-state index is 11.7. The number of hydrogen-bond donors (Lipinski definition) is 3. The molecular weight excluding hydrogens is 478 g/mol. The van der Waals surface area contributed by atoms with Gasteiger partial charge in [-0.25, -0.2) is 0 Å². The molecule has 0 saturated carbocycles. The summed E-state index contributed by atoms with van der Waals surface area (Å²) in [5, 5.41) is 4.61. The van der Waals surface area contributed by atoms with Gasteiger partial charge in [-0.3, -0.25) is 4.55 Å². The zero-order valence-electron chi connectivity index (χ0n) is 13.1. The lowest BCUT2D eigenvalue weighted by atomic mass is 10.2. The first kappa shape index (κ1) is 20.6. The van der Waals surface area contributed by atoms with Crippen LogP contribution >= 0.6 is 46.4 Å². The Labute approximate surface area is 177 Å². The molecule has 0 amide bonds. The third-order valence-corrected chi connectivity index (χ3v) is 4.51. The summed E-state index contributed by atoms with van der Waals surface area (Å²) in [5.41, 5.74) is 0.205. The number of hydrogen-bond acceptors (Lipinski definition) is 10. The Morgan fingerprint density at radius 1 is 0.750 bits per heavy atom. The lowest BCUT2D eigenvalue weighted by molar-refractivity contribution is 0.483. The Hall–Kier alpha value is -2.09. The molecule has 0 atom stereocenters. The summed E-state index contributed by atoms with van der Waals surface area (Å²) in [6.45, 7) is 0. The minimum Gasteiger partial charge on any atom is -0.324 e. The van der Waals surface area contributed by atoms with Crippen LogP contribution in [0.3, 0.4) is 0 Å². The third kappa shape index (κ3) is 5.25. The summed E-state index contributed by atoms with van der Waals surface area (Å²) in [5.74, 6) is -0.153. The number of benzene rings is 1. The van der Waals surface area contributed by atoms with Crippen LogP contribution in [-0.2, 0) is 10.1 Å². The van der Waals surface area contributed by atoms with E-state index in [0.29, 0.717) is 5.69 Å². The van der Waals surface area contributed by atoms with E-state index in [1.807, 2.05) is 0 Å². The normalized spacial score (nSPS) is 11.3. The standard InChI is InChI=1S/C12H6Cl4N8O3S/c13-7-19-8(14)22-11(21-7)17-4-1-2-6(28(25,26)27)5(3-4)18-12-23-9(15)20-10(16)24-12/h1-3H,(H,25,26,27)(H,17,19,21,22)(H,18,20,23,24). The summed E-state index contributed by atoms with van der Waals surface area (Å²) in [6, 6.07) is 3.77. The van der Waals surface area contributed by atoms with Gasteiger partial charge in [0, 0.05) is 5.69 Å². The molecule has 1 aromatic carbocycles. The van der Waals surface area contributed by atoms with Crippen LogP contribution in [0.1, 0.15) is 0 Å². The second-order valence-electron chi connectivity index (χ2n) is 4.83. The van der Waals surface area contributed by atoms with Crippen LogP contribution in [0.25, 0.3) is 0 Å². The molecular formula is C12H6Cl4N8O3S. The van der Waals surface area contributed by atoms with Crippen LogP contribution in [0, 0.1) is 0 Å². The summed E-state index contributed by atoms with van der Waals surface area (Å²) in [6.07, 6.45) is 0. The van der Waals surface area contributed by atoms with E-state index in [1.54, 1.807) is 0 Å². The Kier molecular flexibility index (Phi) is 5.98. The molecule has 0 aliphatic heterocycles. The molecule has 0 aliphatic carbocycles. The number of rotatable bonds is 5. The highest BCUT2D eigenvalue weighted by Gasteiger charge is 2.18. The zero-order chi connectivity index (χ0) is 20.5. The van der Waals surface area contributed by atoms with Gasteiger partial charge < -0.3 is 10.6 Å². The van der Waals surface area contributed by atoms with Gasteiger partial charge in [0.05, 0.1) is 5.69 Å². The lowest BCUT2D eigenvalue weighted by Crippen LogP contribution is -2.07. The number of aromatic nitrogens is 6. The molecule has 3 aromatic rings. The fourth-order valence-electron chi connectivity index (χ4n) is 1.94. The van der Waals surface area contributed by atoms with E-state index in [1.165, 1.54) is 12.1 Å². The Balaban J connectivity index is 2.01. The molecule has 0 unspecified atom stereocenters. The van der Waals surface area contributed by atoms with E-state index in [0.717, 1.165) is 6.07 Å². The molecule has 2 aromatic heterocycles. The van der Waals surface area contributed by atoms with E-state index in [-0.39, 0.29) is 38.7 Å². The second kappa shape index (κ2) is 8.11. The zero-order valence-corrected chi connectivity index (χ0v) is 16.9. The first-order valence-corrected chi connectivity index (χ1v) is 9.85. The molecule has 3 rings (SSSR count). The number of nitrogens with zero attached hydrogens (tertiary/aromatic N) is 6. The Morgan fingerprint density at radius 2 is 1.21 bits per heavy atom. The van der Waals surface area contributed by atoms with Crippen molar-refractivity contribution < 1.29 is 13.0 Å². The maximum absolute atomic E-state index is 11.7. The molecule has 0 bridgehead atoms. The third-order valence-electron chi connectivity index (χ3n) is 2.92. The predicted octanol–water partition coefficient (Wildman–Crippen LogP) is 3.40. The van der Waals surface area contributed by atoms with Gasteiger partial charge in [0.1, 0.15) is 4.90 Å². The molecule has 11 nitrogen and oxygen atoms in total. The predicted molar refractivity (Wildman–Crippen MR) is 103 cm³/mol. The monoisotopic (exact) mass is 482 g/mol. The highest BCUT2D eigenvalue weighted by atomic mass is 35.5. The molecule has 0 fully saturated rings. The summed E-state index contributed by atoms with van der Waals surface area (Å²) >= 11 is 22.8. The SMILES string of the molecule is O=S(=O)(O)c1ccc(Nc2nc(Cl)nc(Cl)n2)cc1Nc1nc(Cl)nc(Cl)n1. The van der Waals surface area contributed by atoms with Crippen molar-refractivity contribution in [2.75, 3.05) is 10.6 Å². The van der Waals surface area contributed by atoms with Gasteiger partial charge in [0.2, 0.25) is 33.0 Å². The average molecular weight is 484 g/mol. The maximum Gasteiger partial charge on any atom is 0.296 e. The van der Waals surface area contributed by atoms with Crippen LogP contribution in [-0.4, -0.2) is 42.9 Å². The molecule has 0 aliphatic rings. The fourth-order valence-corrected chi connectivity index (χ4v) is 3.30. The molecule has 2 heterocycles. The molecule has 146 valence electrons. The summed E-state index contributed by atoms with van der Waals surface area (Å²) < 4.78 is 32.8. The molecule has 3 N–H and O–H groups in total. The molecule has 0 saturated heterocycles. The van der Waals surface area contributed by atoms with Crippen molar-refractivity contribution in [1.29, 1.82) is 0 Å². The first-order valence-electron chi connectivity index (χ1n) is 6.90. The molecule has 0 radical (unpaired) electrons. The molecule has 0 spiro atoms. The van der Waals surface area contributed by atoms with Gasteiger partial charge in [-0.15, -0.1) is 0 Å². The minimum atomic E-state index is -4.59. The van der Waals surface area contributed by atoms with Crippen LogP contribution in [0.4, 0.5) is 23.3 Å². The fraction of sp³-hybridized carbons (Fsp3) is 0. The van der Waals surface area contributed by atoms with Crippen molar-refractivity contribution in [2.24, 2.45) is 0 Å². The Morgan fingerprint density at radius 3 is 1.68 bits per heavy atom. The van der Waals surface area contributed by atoms with E-state index in [9.17, 15) is 13.0 Å². The quantitative estimate of drug-likeness (QED) is 0.456. The molecule has 28 heavy (non-hydrogen) atoms. The van der Waals surface area contributed by atoms with Gasteiger partial charge in [0.25, 0.3) is 10.1 Å². The van der Waals surface area contributed by atoms with Gasteiger partial charge >= 0.3 is 0 Å². The Bertz CT molecular complexity index is 1120. The number of anilines is 4. The van der Waals surface area contributed by atoms with Crippen LogP contribution < -0.4 is 10.6 Å². The van der Waals surface area contributed by atoms with Crippen LogP contribution in [0.15, 0.2) is 23.1 Å². The largest absolute Gasteiger partial charge is 0.324 e. The van der Waals surface area contributed by atoms with Crippen molar-refractivity contribution in [3.8, 4) is 0 Å². The van der Waals surface area contributed by atoms with Gasteiger partial charge in [-0.2, -0.15) is 38.3 Å². The highest BCUT2D eigenvalue weighted by molar-refractivity contribution is 7.86. The van der Waals surface area contributed by atoms with Gasteiger partial charge in [0.15, 0.2) is 0 Å². The summed E-state index contributed by atoms with van der Waals surface area (Å²) in [4.78, 5) is 21.9. The number of nitrogens with one attached hydrogen (secondary N) is 2.